The van der Waals surface area contributed by atoms with Gasteiger partial charge < -0.3 is 15.0 Å². The fourth-order valence-electron chi connectivity index (χ4n) is 2.65. The first-order valence-corrected chi connectivity index (χ1v) is 7.41. The lowest BCUT2D eigenvalue weighted by atomic mass is 10.1. The lowest BCUT2D eigenvalue weighted by Crippen LogP contribution is -2.42. The van der Waals surface area contributed by atoms with Crippen molar-refractivity contribution in [2.45, 2.75) is 38.1 Å². The van der Waals surface area contributed by atoms with E-state index < -0.39 is 0 Å². The van der Waals surface area contributed by atoms with Crippen LogP contribution in [0.3, 0.4) is 0 Å². The number of hydrogen-bond acceptors (Lipinski definition) is 3. The first-order valence-electron chi connectivity index (χ1n) is 7.41. The van der Waals surface area contributed by atoms with Crippen molar-refractivity contribution >= 4 is 18.3 Å². The molecule has 1 atom stereocenters. The summed E-state index contributed by atoms with van der Waals surface area (Å²) in [6, 6.07) is 0.529. The van der Waals surface area contributed by atoms with E-state index in [0.717, 1.165) is 38.6 Å². The Morgan fingerprint density at radius 3 is 2.53 bits per heavy atom. The third-order valence-corrected chi connectivity index (χ3v) is 4.19. The van der Waals surface area contributed by atoms with E-state index in [4.69, 9.17) is 4.74 Å². The van der Waals surface area contributed by atoms with Gasteiger partial charge in [-0.2, -0.15) is 0 Å². The second-order valence-electron chi connectivity index (χ2n) is 6.08. The summed E-state index contributed by atoms with van der Waals surface area (Å²) in [6.07, 6.45) is 6.19. The van der Waals surface area contributed by atoms with Gasteiger partial charge in [0.1, 0.15) is 0 Å². The molecule has 0 bridgehead atoms. The summed E-state index contributed by atoms with van der Waals surface area (Å²) < 4.78 is 5.41. The van der Waals surface area contributed by atoms with Crippen molar-refractivity contribution in [3.05, 3.63) is 0 Å². The highest BCUT2D eigenvalue weighted by Crippen LogP contribution is 2.29. The Morgan fingerprint density at radius 1 is 1.16 bits per heavy atom. The van der Waals surface area contributed by atoms with Crippen LogP contribution >= 0.6 is 12.4 Å². The van der Waals surface area contributed by atoms with Crippen LogP contribution in [0.25, 0.3) is 0 Å². The molecule has 0 aromatic heterocycles. The van der Waals surface area contributed by atoms with Crippen LogP contribution in [0, 0.1) is 11.8 Å². The molecule has 3 rings (SSSR count). The largest absolute Gasteiger partial charge is 0.381 e. The third-order valence-electron chi connectivity index (χ3n) is 4.19. The smallest absolute Gasteiger partial charge is 0.236 e. The summed E-state index contributed by atoms with van der Waals surface area (Å²) in [5.41, 5.74) is 0. The summed E-state index contributed by atoms with van der Waals surface area (Å²) in [5, 5.41) is 3.31. The molecule has 5 heteroatoms. The molecule has 3 fully saturated rings. The molecule has 0 radical (unpaired) electrons. The standard InChI is InChI=1S/C14H24N2O2.ClH/c17-14(8-15-7-11-1-2-11)16(13-3-4-13)9-12-5-6-18-10-12;/h11-13,15H,1-10H2;1H. The van der Waals surface area contributed by atoms with Gasteiger partial charge in [-0.1, -0.05) is 0 Å². The summed E-state index contributed by atoms with van der Waals surface area (Å²) in [7, 11) is 0. The first kappa shape index (κ1) is 15.1. The second kappa shape index (κ2) is 6.91. The van der Waals surface area contributed by atoms with Crippen molar-refractivity contribution in [2.75, 3.05) is 32.8 Å². The van der Waals surface area contributed by atoms with E-state index in [9.17, 15) is 4.79 Å². The normalized spacial score (nSPS) is 26.0. The minimum atomic E-state index is 0. The summed E-state index contributed by atoms with van der Waals surface area (Å²) >= 11 is 0. The second-order valence-corrected chi connectivity index (χ2v) is 6.08. The number of carbonyl (C=O) groups excluding carboxylic acids is 1. The molecule has 3 aliphatic rings. The zero-order valence-corrected chi connectivity index (χ0v) is 12.3. The number of amides is 1. The van der Waals surface area contributed by atoms with Crippen LogP contribution in [0.2, 0.25) is 0 Å². The van der Waals surface area contributed by atoms with Gasteiger partial charge in [-0.05, 0) is 44.6 Å². The highest BCUT2D eigenvalue weighted by Gasteiger charge is 2.34. The van der Waals surface area contributed by atoms with Gasteiger partial charge in [0.25, 0.3) is 0 Å². The fourth-order valence-corrected chi connectivity index (χ4v) is 2.65. The van der Waals surface area contributed by atoms with E-state index in [1.54, 1.807) is 0 Å². The SMILES string of the molecule is Cl.O=C(CNCC1CC1)N(CC1CCOC1)C1CC1. The number of carbonyl (C=O) groups is 1. The van der Waals surface area contributed by atoms with Gasteiger partial charge in [0.05, 0.1) is 13.2 Å². The van der Waals surface area contributed by atoms with E-state index in [0.29, 0.717) is 24.4 Å². The van der Waals surface area contributed by atoms with Crippen molar-refractivity contribution < 1.29 is 9.53 Å². The Balaban J connectivity index is 0.00000133. The summed E-state index contributed by atoms with van der Waals surface area (Å²) in [6.45, 7) is 4.18. The molecule has 0 spiro atoms. The molecule has 19 heavy (non-hydrogen) atoms. The Hall–Kier alpha value is -0.320. The first-order chi connectivity index (χ1) is 8.83. The molecule has 1 aliphatic heterocycles. The Morgan fingerprint density at radius 2 is 1.95 bits per heavy atom. The van der Waals surface area contributed by atoms with Gasteiger partial charge in [-0.25, -0.2) is 0 Å². The molecular weight excluding hydrogens is 264 g/mol. The van der Waals surface area contributed by atoms with Crippen molar-refractivity contribution in [3.8, 4) is 0 Å². The predicted molar refractivity (Wildman–Crippen MR) is 76.5 cm³/mol. The van der Waals surface area contributed by atoms with Gasteiger partial charge >= 0.3 is 0 Å². The molecule has 1 saturated heterocycles. The van der Waals surface area contributed by atoms with Crippen molar-refractivity contribution in [1.82, 2.24) is 10.2 Å². The lowest BCUT2D eigenvalue weighted by molar-refractivity contribution is -0.131. The van der Waals surface area contributed by atoms with Crippen LogP contribution in [-0.2, 0) is 9.53 Å². The van der Waals surface area contributed by atoms with Crippen LogP contribution in [0.5, 0.6) is 0 Å². The molecule has 4 nitrogen and oxygen atoms in total. The monoisotopic (exact) mass is 288 g/mol. The van der Waals surface area contributed by atoms with Crippen molar-refractivity contribution in [1.29, 1.82) is 0 Å². The lowest BCUT2D eigenvalue weighted by Gasteiger charge is -2.25. The summed E-state index contributed by atoms with van der Waals surface area (Å²) in [4.78, 5) is 14.3. The van der Waals surface area contributed by atoms with Gasteiger partial charge in [0.15, 0.2) is 0 Å². The average molecular weight is 289 g/mol. The number of hydrogen-bond donors (Lipinski definition) is 1. The van der Waals surface area contributed by atoms with Crippen molar-refractivity contribution in [3.63, 3.8) is 0 Å². The number of ether oxygens (including phenoxy) is 1. The molecule has 1 amide bonds. The number of rotatable bonds is 7. The van der Waals surface area contributed by atoms with E-state index in [-0.39, 0.29) is 12.4 Å². The van der Waals surface area contributed by atoms with E-state index in [1.165, 1.54) is 25.7 Å². The molecular formula is C14H25ClN2O2. The van der Waals surface area contributed by atoms with E-state index in [1.807, 2.05) is 0 Å². The maximum atomic E-state index is 12.2. The predicted octanol–water partition coefficient (Wildman–Crippen LogP) is 1.44. The summed E-state index contributed by atoms with van der Waals surface area (Å²) in [5.74, 6) is 1.71. The third kappa shape index (κ3) is 4.62. The minimum absolute atomic E-state index is 0. The Kier molecular flexibility index (Phi) is 5.48. The zero-order valence-electron chi connectivity index (χ0n) is 11.5. The van der Waals surface area contributed by atoms with Crippen LogP contribution < -0.4 is 5.32 Å². The van der Waals surface area contributed by atoms with Gasteiger partial charge in [-0.3, -0.25) is 4.79 Å². The van der Waals surface area contributed by atoms with Crippen LogP contribution in [0.4, 0.5) is 0 Å². The van der Waals surface area contributed by atoms with Gasteiger partial charge in [0.2, 0.25) is 5.91 Å². The molecule has 1 N–H and O–H groups in total. The maximum absolute atomic E-state index is 12.2. The van der Waals surface area contributed by atoms with Crippen LogP contribution in [0.1, 0.15) is 32.1 Å². The molecule has 2 aliphatic carbocycles. The molecule has 110 valence electrons. The van der Waals surface area contributed by atoms with E-state index in [2.05, 4.69) is 10.2 Å². The Labute approximate surface area is 121 Å². The number of halogens is 1. The topological polar surface area (TPSA) is 41.6 Å². The van der Waals surface area contributed by atoms with Crippen molar-refractivity contribution in [2.24, 2.45) is 11.8 Å². The van der Waals surface area contributed by atoms with E-state index >= 15 is 0 Å². The minimum Gasteiger partial charge on any atom is -0.381 e. The van der Waals surface area contributed by atoms with Crippen LogP contribution in [-0.4, -0.2) is 49.7 Å². The molecule has 1 heterocycles. The van der Waals surface area contributed by atoms with Gasteiger partial charge in [0, 0.05) is 25.1 Å². The molecule has 2 saturated carbocycles. The highest BCUT2D eigenvalue weighted by atomic mass is 35.5. The quantitative estimate of drug-likeness (QED) is 0.771. The maximum Gasteiger partial charge on any atom is 0.236 e. The number of nitrogens with one attached hydrogen (secondary N) is 1. The zero-order chi connectivity index (χ0) is 12.4. The molecule has 1 unspecified atom stereocenters. The number of nitrogens with zero attached hydrogens (tertiary/aromatic N) is 1. The highest BCUT2D eigenvalue weighted by molar-refractivity contribution is 5.85. The fraction of sp³-hybridized carbons (Fsp3) is 0.929. The van der Waals surface area contributed by atoms with Gasteiger partial charge in [-0.15, -0.1) is 12.4 Å². The Bertz CT molecular complexity index is 300. The molecule has 0 aromatic rings. The van der Waals surface area contributed by atoms with Crippen LogP contribution in [0.15, 0.2) is 0 Å². The molecule has 0 aromatic carbocycles. The average Bonchev–Trinajstić information content (AvgIpc) is 3.28.